The fourth-order valence-electron chi connectivity index (χ4n) is 1.18. The van der Waals surface area contributed by atoms with Crippen LogP contribution in [0.2, 0.25) is 5.02 Å². The molecule has 15 heavy (non-hydrogen) atoms. The minimum atomic E-state index is -0.719. The highest BCUT2D eigenvalue weighted by molar-refractivity contribution is 6.31. The van der Waals surface area contributed by atoms with Crippen LogP contribution in [0.3, 0.4) is 0 Å². The molecule has 1 atom stereocenters. The topological polar surface area (TPSA) is 32.3 Å². The van der Waals surface area contributed by atoms with Gasteiger partial charge in [0.25, 0.3) is 0 Å². The van der Waals surface area contributed by atoms with Crippen molar-refractivity contribution in [1.29, 1.82) is 0 Å². The molecule has 0 aromatic heterocycles. The van der Waals surface area contributed by atoms with Gasteiger partial charge in [0.2, 0.25) is 0 Å². The summed E-state index contributed by atoms with van der Waals surface area (Å²) in [6, 6.07) is 7.28. The molecule has 1 aromatic carbocycles. The van der Waals surface area contributed by atoms with Crippen LogP contribution in [0.25, 0.3) is 0 Å². The highest BCUT2D eigenvalue weighted by Gasteiger charge is 2.17. The normalized spacial score (nSPS) is 13.1. The first-order valence-electron chi connectivity index (χ1n) is 4.60. The van der Waals surface area contributed by atoms with Crippen molar-refractivity contribution in [3.05, 3.63) is 34.9 Å². The molecule has 0 radical (unpaired) electrons. The Balaban J connectivity index is 0.00000196. The van der Waals surface area contributed by atoms with E-state index in [0.29, 0.717) is 10.6 Å². The van der Waals surface area contributed by atoms with E-state index in [2.05, 4.69) is 5.32 Å². The van der Waals surface area contributed by atoms with E-state index in [4.69, 9.17) is 11.6 Å². The summed E-state index contributed by atoms with van der Waals surface area (Å²) in [5.41, 5.74) is 0.572. The molecule has 0 saturated carbocycles. The van der Waals surface area contributed by atoms with E-state index >= 15 is 0 Å². The van der Waals surface area contributed by atoms with E-state index in [0.717, 1.165) is 0 Å². The van der Waals surface area contributed by atoms with Gasteiger partial charge in [-0.15, -0.1) is 12.4 Å². The largest absolute Gasteiger partial charge is 0.374 e. The van der Waals surface area contributed by atoms with Crippen LogP contribution < -0.4 is 5.32 Å². The third kappa shape index (κ3) is 4.85. The molecule has 1 aromatic rings. The maximum atomic E-state index is 9.84. The van der Waals surface area contributed by atoms with Crippen molar-refractivity contribution >= 4 is 24.0 Å². The lowest BCUT2D eigenvalue weighted by atomic mass is 10.1. The number of aliphatic hydroxyl groups excluding tert-OH is 1. The maximum Gasteiger partial charge on any atom is 0.132 e. The molecule has 1 unspecified atom stereocenters. The average molecular weight is 250 g/mol. The summed E-state index contributed by atoms with van der Waals surface area (Å²) < 4.78 is 0. The molecular formula is C11H17Cl2NO. The summed E-state index contributed by atoms with van der Waals surface area (Å²) in [4.78, 5) is 0. The van der Waals surface area contributed by atoms with Gasteiger partial charge in [-0.1, -0.05) is 29.8 Å². The second kappa shape index (κ2) is 5.71. The maximum absolute atomic E-state index is 9.84. The Kier molecular flexibility index (Phi) is 5.60. The molecule has 2 nitrogen and oxygen atoms in total. The van der Waals surface area contributed by atoms with Crippen LogP contribution in [0.15, 0.2) is 24.3 Å². The monoisotopic (exact) mass is 249 g/mol. The van der Waals surface area contributed by atoms with Crippen LogP contribution in [0, 0.1) is 0 Å². The summed E-state index contributed by atoms with van der Waals surface area (Å²) in [7, 11) is 0. The van der Waals surface area contributed by atoms with E-state index in [1.807, 2.05) is 39.0 Å². The highest BCUT2D eigenvalue weighted by atomic mass is 35.5. The molecule has 1 rings (SSSR count). The number of hydrogen-bond donors (Lipinski definition) is 2. The summed E-state index contributed by atoms with van der Waals surface area (Å²) in [5.74, 6) is 0. The average Bonchev–Trinajstić information content (AvgIpc) is 2.01. The number of benzene rings is 1. The molecule has 0 bridgehead atoms. The number of halogens is 2. The van der Waals surface area contributed by atoms with Crippen LogP contribution in [-0.4, -0.2) is 10.6 Å². The van der Waals surface area contributed by atoms with E-state index in [1.54, 1.807) is 6.07 Å². The first-order valence-corrected chi connectivity index (χ1v) is 4.98. The first kappa shape index (κ1) is 14.7. The number of hydrogen-bond acceptors (Lipinski definition) is 2. The van der Waals surface area contributed by atoms with Gasteiger partial charge >= 0.3 is 0 Å². The first-order chi connectivity index (χ1) is 6.40. The lowest BCUT2D eigenvalue weighted by Gasteiger charge is -2.25. The Hall–Kier alpha value is -0.280. The smallest absolute Gasteiger partial charge is 0.132 e. The minimum absolute atomic E-state index is 0. The number of rotatable bonds is 2. The zero-order valence-corrected chi connectivity index (χ0v) is 10.7. The summed E-state index contributed by atoms with van der Waals surface area (Å²) >= 11 is 5.95. The Labute approximate surface area is 102 Å². The second-order valence-corrected chi connectivity index (χ2v) is 4.73. The molecule has 0 amide bonds. The second-order valence-electron chi connectivity index (χ2n) is 4.32. The van der Waals surface area contributed by atoms with Crippen LogP contribution in [-0.2, 0) is 0 Å². The molecule has 86 valence electrons. The van der Waals surface area contributed by atoms with E-state index in [-0.39, 0.29) is 17.9 Å². The number of aliphatic hydroxyl groups is 1. The predicted octanol–water partition coefficient (Wildman–Crippen LogP) is 3.14. The van der Waals surface area contributed by atoms with Crippen LogP contribution >= 0.6 is 24.0 Å². The van der Waals surface area contributed by atoms with E-state index in [9.17, 15) is 5.11 Å². The van der Waals surface area contributed by atoms with Gasteiger partial charge in [0.05, 0.1) is 0 Å². The van der Waals surface area contributed by atoms with Crippen molar-refractivity contribution < 1.29 is 5.11 Å². The molecule has 0 saturated heterocycles. The van der Waals surface area contributed by atoms with Gasteiger partial charge in [-0.2, -0.15) is 0 Å². The standard InChI is InChI=1S/C11H16ClNO.ClH/c1-11(2,3)13-10(14)8-6-4-5-7-9(8)12;/h4-7,10,13-14H,1-3H3;1H. The van der Waals surface area contributed by atoms with Crippen LogP contribution in [0.5, 0.6) is 0 Å². The Morgan fingerprint density at radius 2 is 1.80 bits per heavy atom. The minimum Gasteiger partial charge on any atom is -0.374 e. The Morgan fingerprint density at radius 3 is 2.27 bits per heavy atom. The van der Waals surface area contributed by atoms with Gasteiger partial charge in [-0.05, 0) is 26.8 Å². The SMILES string of the molecule is CC(C)(C)NC(O)c1ccccc1Cl.Cl. The van der Waals surface area contributed by atoms with Gasteiger partial charge < -0.3 is 5.11 Å². The quantitative estimate of drug-likeness (QED) is 0.790. The predicted molar refractivity (Wildman–Crippen MR) is 66.5 cm³/mol. The molecule has 0 spiro atoms. The van der Waals surface area contributed by atoms with Crippen LogP contribution in [0.4, 0.5) is 0 Å². The Morgan fingerprint density at radius 1 is 1.27 bits per heavy atom. The fraction of sp³-hybridized carbons (Fsp3) is 0.455. The summed E-state index contributed by atoms with van der Waals surface area (Å²) in [5, 5.41) is 13.5. The zero-order chi connectivity index (χ0) is 10.8. The van der Waals surface area contributed by atoms with Gasteiger partial charge in [-0.3, -0.25) is 5.32 Å². The van der Waals surface area contributed by atoms with Crippen molar-refractivity contribution in [1.82, 2.24) is 5.32 Å². The van der Waals surface area contributed by atoms with Crippen LogP contribution in [0.1, 0.15) is 32.6 Å². The zero-order valence-electron chi connectivity index (χ0n) is 9.12. The lowest BCUT2D eigenvalue weighted by Crippen LogP contribution is -2.38. The van der Waals surface area contributed by atoms with E-state index < -0.39 is 6.23 Å². The molecule has 2 N–H and O–H groups in total. The van der Waals surface area contributed by atoms with Gasteiger partial charge in [0.15, 0.2) is 0 Å². The third-order valence-electron chi connectivity index (χ3n) is 1.77. The van der Waals surface area contributed by atoms with Gasteiger partial charge in [-0.25, -0.2) is 0 Å². The van der Waals surface area contributed by atoms with Crippen molar-refractivity contribution in [2.45, 2.75) is 32.5 Å². The van der Waals surface area contributed by atoms with Crippen molar-refractivity contribution in [2.75, 3.05) is 0 Å². The third-order valence-corrected chi connectivity index (χ3v) is 2.11. The lowest BCUT2D eigenvalue weighted by molar-refractivity contribution is 0.107. The molecule has 0 aliphatic heterocycles. The molecule has 0 fully saturated rings. The highest BCUT2D eigenvalue weighted by Crippen LogP contribution is 2.22. The van der Waals surface area contributed by atoms with E-state index in [1.165, 1.54) is 0 Å². The Bertz CT molecular complexity index is 310. The number of nitrogens with one attached hydrogen (secondary N) is 1. The molecule has 4 heteroatoms. The molecule has 0 heterocycles. The molecule has 0 aliphatic rings. The van der Waals surface area contributed by atoms with Crippen molar-refractivity contribution in [3.63, 3.8) is 0 Å². The summed E-state index contributed by atoms with van der Waals surface area (Å²) in [6.07, 6.45) is -0.719. The van der Waals surface area contributed by atoms with Gasteiger partial charge in [0, 0.05) is 16.1 Å². The molecular weight excluding hydrogens is 233 g/mol. The van der Waals surface area contributed by atoms with Gasteiger partial charge in [0.1, 0.15) is 6.23 Å². The van der Waals surface area contributed by atoms with Crippen molar-refractivity contribution in [2.24, 2.45) is 0 Å². The summed E-state index contributed by atoms with van der Waals surface area (Å²) in [6.45, 7) is 5.98. The molecule has 0 aliphatic carbocycles. The van der Waals surface area contributed by atoms with Crippen molar-refractivity contribution in [3.8, 4) is 0 Å². The fourth-order valence-corrected chi connectivity index (χ4v) is 1.42.